The van der Waals surface area contributed by atoms with E-state index < -0.39 is 17.0 Å². The molecule has 4 heteroatoms. The Morgan fingerprint density at radius 2 is 1.74 bits per heavy atom. The lowest BCUT2D eigenvalue weighted by atomic mass is 9.83. The van der Waals surface area contributed by atoms with E-state index in [2.05, 4.69) is 6.92 Å². The minimum absolute atomic E-state index is 0.0241. The zero-order valence-corrected chi connectivity index (χ0v) is 12.3. The van der Waals surface area contributed by atoms with Gasteiger partial charge in [0.25, 0.3) is 0 Å². The van der Waals surface area contributed by atoms with Gasteiger partial charge in [-0.25, -0.2) is 8.78 Å². The number of hydrogen-bond acceptors (Lipinski definition) is 1. The maximum absolute atomic E-state index is 13.9. The molecule has 1 heterocycles. The molecule has 1 aromatic rings. The van der Waals surface area contributed by atoms with Crippen molar-refractivity contribution in [3.05, 3.63) is 34.9 Å². The third-order valence-electron chi connectivity index (χ3n) is 4.23. The summed E-state index contributed by atoms with van der Waals surface area (Å²) < 4.78 is 33.0. The molecular formula is C15H19ClF2O. The van der Waals surface area contributed by atoms with Crippen LogP contribution in [0.4, 0.5) is 8.78 Å². The number of alkyl halides is 1. The van der Waals surface area contributed by atoms with Gasteiger partial charge < -0.3 is 4.74 Å². The molecule has 5 atom stereocenters. The molecule has 0 aromatic heterocycles. The van der Waals surface area contributed by atoms with Gasteiger partial charge >= 0.3 is 0 Å². The molecule has 0 saturated carbocycles. The van der Waals surface area contributed by atoms with Crippen molar-refractivity contribution in [3.63, 3.8) is 0 Å². The van der Waals surface area contributed by atoms with Gasteiger partial charge in [-0.3, -0.25) is 0 Å². The molecule has 1 nitrogen and oxygen atoms in total. The fraction of sp³-hybridized carbons (Fsp3) is 0.600. The van der Waals surface area contributed by atoms with E-state index in [1.807, 2.05) is 13.8 Å². The number of rotatable bonds is 2. The van der Waals surface area contributed by atoms with Crippen LogP contribution in [0.3, 0.4) is 0 Å². The lowest BCUT2D eigenvalue weighted by molar-refractivity contribution is 0.0507. The van der Waals surface area contributed by atoms with Crippen LogP contribution in [0.15, 0.2) is 12.1 Å². The quantitative estimate of drug-likeness (QED) is 0.722. The highest BCUT2D eigenvalue weighted by molar-refractivity contribution is 6.21. The molecule has 0 N–H and O–H groups in total. The molecule has 0 amide bonds. The van der Waals surface area contributed by atoms with Gasteiger partial charge in [0.05, 0.1) is 17.6 Å². The second kappa shape index (κ2) is 5.37. The van der Waals surface area contributed by atoms with Crippen LogP contribution < -0.4 is 0 Å². The summed E-state index contributed by atoms with van der Waals surface area (Å²) in [5.41, 5.74) is 0.774. The Morgan fingerprint density at radius 3 is 2.26 bits per heavy atom. The average molecular weight is 289 g/mol. The Kier molecular flexibility index (Phi) is 4.17. The molecule has 19 heavy (non-hydrogen) atoms. The van der Waals surface area contributed by atoms with Gasteiger partial charge in [0.1, 0.15) is 11.6 Å². The Hall–Kier alpha value is -0.670. The topological polar surface area (TPSA) is 9.23 Å². The lowest BCUT2D eigenvalue weighted by Gasteiger charge is -2.25. The first kappa shape index (κ1) is 14.7. The molecule has 1 aliphatic heterocycles. The first-order chi connectivity index (χ1) is 8.82. The van der Waals surface area contributed by atoms with Crippen LogP contribution in [-0.2, 0) is 4.74 Å². The van der Waals surface area contributed by atoms with Gasteiger partial charge in [0.2, 0.25) is 0 Å². The van der Waals surface area contributed by atoms with Crippen LogP contribution in [-0.4, -0.2) is 12.2 Å². The van der Waals surface area contributed by atoms with Crippen LogP contribution in [0.1, 0.15) is 37.3 Å². The Balaban J connectivity index is 2.34. The largest absolute Gasteiger partial charge is 0.375 e. The van der Waals surface area contributed by atoms with E-state index >= 15 is 0 Å². The summed E-state index contributed by atoms with van der Waals surface area (Å²) in [6.07, 6.45) is 0.0723. The number of benzene rings is 1. The van der Waals surface area contributed by atoms with Crippen LogP contribution >= 0.6 is 11.6 Å². The first-order valence-electron chi connectivity index (χ1n) is 6.58. The zero-order valence-electron chi connectivity index (χ0n) is 11.6. The van der Waals surface area contributed by atoms with Gasteiger partial charge in [0.15, 0.2) is 0 Å². The summed E-state index contributed by atoms with van der Waals surface area (Å²) in [5.74, 6) is -0.859. The molecular weight excluding hydrogens is 270 g/mol. The Labute approximate surface area is 117 Å². The van der Waals surface area contributed by atoms with Crippen molar-refractivity contribution in [1.82, 2.24) is 0 Å². The van der Waals surface area contributed by atoms with Crippen molar-refractivity contribution in [3.8, 4) is 0 Å². The SMILES string of the molecule is Cc1cc(C(Cl)C2C(C)OC(C)C2C)c(F)cc1F. The van der Waals surface area contributed by atoms with Crippen LogP contribution in [0, 0.1) is 30.4 Å². The van der Waals surface area contributed by atoms with Crippen molar-refractivity contribution >= 4 is 11.6 Å². The van der Waals surface area contributed by atoms with E-state index in [9.17, 15) is 8.78 Å². The maximum atomic E-state index is 13.9. The monoisotopic (exact) mass is 288 g/mol. The summed E-state index contributed by atoms with van der Waals surface area (Å²) >= 11 is 6.45. The summed E-state index contributed by atoms with van der Waals surface area (Å²) in [7, 11) is 0. The summed E-state index contributed by atoms with van der Waals surface area (Å²) in [6.45, 7) is 7.62. The zero-order chi connectivity index (χ0) is 14.3. The highest BCUT2D eigenvalue weighted by Gasteiger charge is 2.42. The van der Waals surface area contributed by atoms with Gasteiger partial charge in [-0.2, -0.15) is 0 Å². The van der Waals surface area contributed by atoms with Crippen molar-refractivity contribution in [2.75, 3.05) is 0 Å². The molecule has 0 bridgehead atoms. The summed E-state index contributed by atoms with van der Waals surface area (Å²) in [5, 5.41) is -0.505. The molecule has 106 valence electrons. The molecule has 1 aromatic carbocycles. The molecule has 2 rings (SSSR count). The van der Waals surface area contributed by atoms with E-state index in [-0.39, 0.29) is 24.0 Å². The van der Waals surface area contributed by atoms with Gasteiger partial charge in [-0.05, 0) is 38.3 Å². The van der Waals surface area contributed by atoms with Crippen molar-refractivity contribution in [2.24, 2.45) is 11.8 Å². The second-order valence-corrected chi connectivity index (χ2v) is 5.98. The van der Waals surface area contributed by atoms with E-state index in [0.29, 0.717) is 11.1 Å². The maximum Gasteiger partial charge on any atom is 0.130 e. The highest BCUT2D eigenvalue weighted by atomic mass is 35.5. The van der Waals surface area contributed by atoms with E-state index in [1.54, 1.807) is 6.92 Å². The molecule has 0 aliphatic carbocycles. The molecule has 1 aliphatic rings. The molecule has 0 spiro atoms. The highest BCUT2D eigenvalue weighted by Crippen LogP contribution is 2.44. The molecule has 5 unspecified atom stereocenters. The minimum atomic E-state index is -0.581. The van der Waals surface area contributed by atoms with Crippen LogP contribution in [0.5, 0.6) is 0 Å². The van der Waals surface area contributed by atoms with Gasteiger partial charge in [0, 0.05) is 17.5 Å². The van der Waals surface area contributed by atoms with E-state index in [1.165, 1.54) is 6.07 Å². The number of ether oxygens (including phenoxy) is 1. The number of aryl methyl sites for hydroxylation is 1. The summed E-state index contributed by atoms with van der Waals surface area (Å²) in [6, 6.07) is 2.42. The predicted octanol–water partition coefficient (Wildman–Crippen LogP) is 4.61. The third kappa shape index (κ3) is 2.63. The standard InChI is InChI=1S/C15H19ClF2O/c1-7-5-11(13(18)6-12(7)17)15(16)14-8(2)9(3)19-10(14)4/h5-6,8-10,14-15H,1-4H3. The lowest BCUT2D eigenvalue weighted by Crippen LogP contribution is -2.23. The Bertz CT molecular complexity index is 477. The predicted molar refractivity (Wildman–Crippen MR) is 72.4 cm³/mol. The van der Waals surface area contributed by atoms with Crippen molar-refractivity contribution < 1.29 is 13.5 Å². The minimum Gasteiger partial charge on any atom is -0.375 e. The molecule has 1 fully saturated rings. The molecule has 0 radical (unpaired) electrons. The normalized spacial score (nSPS) is 32.6. The van der Waals surface area contributed by atoms with E-state index in [4.69, 9.17) is 16.3 Å². The smallest absolute Gasteiger partial charge is 0.130 e. The number of hydrogen-bond donors (Lipinski definition) is 0. The van der Waals surface area contributed by atoms with Crippen LogP contribution in [0.25, 0.3) is 0 Å². The van der Waals surface area contributed by atoms with Gasteiger partial charge in [-0.1, -0.05) is 6.92 Å². The second-order valence-electron chi connectivity index (χ2n) is 5.51. The number of halogens is 3. The third-order valence-corrected chi connectivity index (χ3v) is 4.76. The van der Waals surface area contributed by atoms with E-state index in [0.717, 1.165) is 6.07 Å². The first-order valence-corrected chi connectivity index (χ1v) is 7.01. The van der Waals surface area contributed by atoms with Crippen molar-refractivity contribution in [2.45, 2.75) is 45.3 Å². The fourth-order valence-electron chi connectivity index (χ4n) is 2.90. The average Bonchev–Trinajstić information content (AvgIpc) is 2.57. The molecule has 1 saturated heterocycles. The fourth-order valence-corrected chi connectivity index (χ4v) is 3.50. The Morgan fingerprint density at radius 1 is 1.11 bits per heavy atom. The van der Waals surface area contributed by atoms with Crippen LogP contribution in [0.2, 0.25) is 0 Å². The summed E-state index contributed by atoms with van der Waals surface area (Å²) in [4.78, 5) is 0. The van der Waals surface area contributed by atoms with Gasteiger partial charge in [-0.15, -0.1) is 11.6 Å². The van der Waals surface area contributed by atoms with Crippen molar-refractivity contribution in [1.29, 1.82) is 0 Å².